The first-order chi connectivity index (χ1) is 13.2. The van der Waals surface area contributed by atoms with Crippen LogP contribution in [0.3, 0.4) is 0 Å². The second-order valence-electron chi connectivity index (χ2n) is 6.88. The van der Waals surface area contributed by atoms with Gasteiger partial charge in [-0.15, -0.1) is 11.3 Å². The fourth-order valence-electron chi connectivity index (χ4n) is 3.27. The lowest BCUT2D eigenvalue weighted by molar-refractivity contribution is -0.142. The number of ketones is 2. The van der Waals surface area contributed by atoms with Gasteiger partial charge in [0.25, 0.3) is 0 Å². The van der Waals surface area contributed by atoms with Crippen LogP contribution in [0.1, 0.15) is 62.1 Å². The number of esters is 1. The van der Waals surface area contributed by atoms with Crippen LogP contribution in [0.4, 0.5) is 0 Å². The number of rotatable bonds is 10. The number of methoxy groups -OCH3 is 1. The molecule has 0 spiro atoms. The lowest BCUT2D eigenvalue weighted by Gasteiger charge is -2.17. The van der Waals surface area contributed by atoms with Crippen molar-refractivity contribution in [2.45, 2.75) is 46.6 Å². The SMILES string of the molecule is COCC(C)n1c(C)cc(C(=O)COC(=O)CCC(=O)c2ccc(C)s2)c1C. The van der Waals surface area contributed by atoms with E-state index >= 15 is 0 Å². The number of aryl methyl sites for hydroxylation is 2. The highest BCUT2D eigenvalue weighted by atomic mass is 32.1. The number of aromatic nitrogens is 1. The van der Waals surface area contributed by atoms with Crippen LogP contribution in [0.15, 0.2) is 18.2 Å². The van der Waals surface area contributed by atoms with Crippen LogP contribution in [-0.4, -0.2) is 42.4 Å². The molecule has 2 heterocycles. The van der Waals surface area contributed by atoms with E-state index in [0.717, 1.165) is 16.3 Å². The van der Waals surface area contributed by atoms with Crippen molar-refractivity contribution >= 4 is 28.9 Å². The molecule has 0 bridgehead atoms. The number of carbonyl (C=O) groups is 3. The van der Waals surface area contributed by atoms with E-state index in [-0.39, 0.29) is 37.1 Å². The summed E-state index contributed by atoms with van der Waals surface area (Å²) in [6.45, 7) is 7.96. The molecule has 2 aromatic heterocycles. The van der Waals surface area contributed by atoms with E-state index in [4.69, 9.17) is 9.47 Å². The normalized spacial score (nSPS) is 12.0. The number of Topliss-reactive ketones (excluding diaryl/α,β-unsaturated/α-hetero) is 2. The van der Waals surface area contributed by atoms with Crippen molar-refractivity contribution in [3.63, 3.8) is 0 Å². The minimum atomic E-state index is -0.545. The third-order valence-corrected chi connectivity index (χ3v) is 5.61. The number of thiophene rings is 1. The summed E-state index contributed by atoms with van der Waals surface area (Å²) in [6.07, 6.45) is 0.0446. The summed E-state index contributed by atoms with van der Waals surface area (Å²) < 4.78 is 12.3. The van der Waals surface area contributed by atoms with Crippen LogP contribution in [0.5, 0.6) is 0 Å². The number of carbonyl (C=O) groups excluding carboxylic acids is 3. The molecule has 2 rings (SSSR count). The van der Waals surface area contributed by atoms with E-state index in [1.165, 1.54) is 11.3 Å². The Bertz CT molecular complexity index is 864. The average Bonchev–Trinajstić information content (AvgIpc) is 3.20. The van der Waals surface area contributed by atoms with Crippen LogP contribution < -0.4 is 0 Å². The number of ether oxygens (including phenoxy) is 2. The third kappa shape index (κ3) is 5.39. The molecule has 1 unspecified atom stereocenters. The Hall–Kier alpha value is -2.25. The minimum absolute atomic E-state index is 0.0348. The fraction of sp³-hybridized carbons (Fsp3) is 0.476. The highest BCUT2D eigenvalue weighted by molar-refractivity contribution is 7.14. The summed E-state index contributed by atoms with van der Waals surface area (Å²) in [5.74, 6) is -0.883. The van der Waals surface area contributed by atoms with Gasteiger partial charge in [-0.3, -0.25) is 14.4 Å². The molecule has 0 aromatic carbocycles. The average molecular weight is 406 g/mol. The Morgan fingerprint density at radius 1 is 1.11 bits per heavy atom. The lowest BCUT2D eigenvalue weighted by Crippen LogP contribution is -2.17. The molecular weight excluding hydrogens is 378 g/mol. The first-order valence-electron chi connectivity index (χ1n) is 9.20. The number of hydrogen-bond donors (Lipinski definition) is 0. The second kappa shape index (κ2) is 9.80. The maximum Gasteiger partial charge on any atom is 0.306 e. The molecule has 2 aromatic rings. The molecule has 152 valence electrons. The Balaban J connectivity index is 1.89. The molecule has 0 amide bonds. The maximum absolute atomic E-state index is 12.5. The van der Waals surface area contributed by atoms with Gasteiger partial charge in [-0.05, 0) is 45.9 Å². The van der Waals surface area contributed by atoms with E-state index in [9.17, 15) is 14.4 Å². The second-order valence-corrected chi connectivity index (χ2v) is 8.16. The zero-order valence-corrected chi connectivity index (χ0v) is 17.9. The molecule has 0 saturated heterocycles. The van der Waals surface area contributed by atoms with Crippen molar-refractivity contribution < 1.29 is 23.9 Å². The summed E-state index contributed by atoms with van der Waals surface area (Å²) in [4.78, 5) is 38.2. The molecule has 6 nitrogen and oxygen atoms in total. The summed E-state index contributed by atoms with van der Waals surface area (Å²) in [6, 6.07) is 5.54. The van der Waals surface area contributed by atoms with E-state index in [2.05, 4.69) is 0 Å². The van der Waals surface area contributed by atoms with Crippen LogP contribution >= 0.6 is 11.3 Å². The largest absolute Gasteiger partial charge is 0.457 e. The summed E-state index contributed by atoms with van der Waals surface area (Å²) in [5.41, 5.74) is 2.32. The Morgan fingerprint density at radius 2 is 1.82 bits per heavy atom. The zero-order chi connectivity index (χ0) is 20.8. The van der Waals surface area contributed by atoms with Gasteiger partial charge in [0.1, 0.15) is 0 Å². The molecule has 0 radical (unpaired) electrons. The van der Waals surface area contributed by atoms with Gasteiger partial charge in [0.2, 0.25) is 5.78 Å². The monoisotopic (exact) mass is 405 g/mol. The van der Waals surface area contributed by atoms with E-state index in [1.807, 2.05) is 38.3 Å². The number of hydrogen-bond acceptors (Lipinski definition) is 6. The van der Waals surface area contributed by atoms with Crippen molar-refractivity contribution in [3.05, 3.63) is 44.9 Å². The van der Waals surface area contributed by atoms with Gasteiger partial charge in [0.15, 0.2) is 12.4 Å². The van der Waals surface area contributed by atoms with Crippen molar-refractivity contribution in [1.29, 1.82) is 0 Å². The first-order valence-corrected chi connectivity index (χ1v) is 10.0. The first kappa shape index (κ1) is 22.0. The smallest absolute Gasteiger partial charge is 0.306 e. The van der Waals surface area contributed by atoms with Crippen LogP contribution in [0.2, 0.25) is 0 Å². The molecule has 0 N–H and O–H groups in total. The van der Waals surface area contributed by atoms with Gasteiger partial charge in [-0.1, -0.05) is 0 Å². The predicted octanol–water partition coefficient (Wildman–Crippen LogP) is 4.07. The third-order valence-electron chi connectivity index (χ3n) is 4.57. The van der Waals surface area contributed by atoms with Gasteiger partial charge in [0, 0.05) is 35.4 Å². The zero-order valence-electron chi connectivity index (χ0n) is 17.0. The van der Waals surface area contributed by atoms with Crippen molar-refractivity contribution in [1.82, 2.24) is 4.57 Å². The lowest BCUT2D eigenvalue weighted by atomic mass is 10.1. The highest BCUT2D eigenvalue weighted by Crippen LogP contribution is 2.21. The summed E-state index contributed by atoms with van der Waals surface area (Å²) in [7, 11) is 1.64. The molecule has 28 heavy (non-hydrogen) atoms. The van der Waals surface area contributed by atoms with E-state index in [1.54, 1.807) is 19.2 Å². The predicted molar refractivity (Wildman–Crippen MR) is 108 cm³/mol. The van der Waals surface area contributed by atoms with Gasteiger partial charge >= 0.3 is 5.97 Å². The summed E-state index contributed by atoms with van der Waals surface area (Å²) in [5, 5.41) is 0. The van der Waals surface area contributed by atoms with Gasteiger partial charge < -0.3 is 14.0 Å². The maximum atomic E-state index is 12.5. The van der Waals surface area contributed by atoms with Crippen LogP contribution in [0, 0.1) is 20.8 Å². The van der Waals surface area contributed by atoms with Crippen molar-refractivity contribution in [2.75, 3.05) is 20.3 Å². The van der Waals surface area contributed by atoms with E-state index in [0.29, 0.717) is 17.0 Å². The standard InChI is InChI=1S/C21H27NO5S/c1-13-10-17(16(4)22(13)14(2)11-26-5)19(24)12-27-21(25)9-7-18(23)20-8-6-15(3)28-20/h6,8,10,14H,7,9,11-12H2,1-5H3. The summed E-state index contributed by atoms with van der Waals surface area (Å²) >= 11 is 1.41. The molecule has 0 fully saturated rings. The Kier molecular flexibility index (Phi) is 7.71. The fourth-order valence-corrected chi connectivity index (χ4v) is 4.11. The van der Waals surface area contributed by atoms with Crippen LogP contribution in [-0.2, 0) is 14.3 Å². The molecule has 0 aliphatic carbocycles. The quantitative estimate of drug-likeness (QED) is 0.440. The van der Waals surface area contributed by atoms with E-state index < -0.39 is 5.97 Å². The Morgan fingerprint density at radius 3 is 2.43 bits per heavy atom. The Labute approximate surface area is 169 Å². The van der Waals surface area contributed by atoms with Gasteiger partial charge in [0.05, 0.1) is 23.9 Å². The molecule has 0 saturated carbocycles. The van der Waals surface area contributed by atoms with Crippen molar-refractivity contribution in [2.24, 2.45) is 0 Å². The van der Waals surface area contributed by atoms with Gasteiger partial charge in [-0.2, -0.15) is 0 Å². The molecule has 1 atom stereocenters. The molecule has 7 heteroatoms. The molecular formula is C21H27NO5S. The van der Waals surface area contributed by atoms with Crippen LogP contribution in [0.25, 0.3) is 0 Å². The number of nitrogens with zero attached hydrogens (tertiary/aromatic N) is 1. The molecule has 0 aliphatic heterocycles. The topological polar surface area (TPSA) is 74.6 Å². The molecule has 0 aliphatic rings. The minimum Gasteiger partial charge on any atom is -0.457 e. The van der Waals surface area contributed by atoms with Gasteiger partial charge in [-0.25, -0.2) is 0 Å². The van der Waals surface area contributed by atoms with Crippen molar-refractivity contribution in [3.8, 4) is 0 Å². The highest BCUT2D eigenvalue weighted by Gasteiger charge is 2.20.